The molecule has 1 aromatic heterocycles. The largest absolute Gasteiger partial charge is 0.507 e. The lowest BCUT2D eigenvalue weighted by molar-refractivity contribution is -0.132. The number of aliphatic hydroxyl groups is 1. The monoisotopic (exact) mass is 416 g/mol. The summed E-state index contributed by atoms with van der Waals surface area (Å²) in [5.41, 5.74) is 1.03. The summed E-state index contributed by atoms with van der Waals surface area (Å²) in [6.45, 7) is 5.65. The van der Waals surface area contributed by atoms with Gasteiger partial charge < -0.3 is 14.4 Å². The molecular formula is C24H20N2O5. The summed E-state index contributed by atoms with van der Waals surface area (Å²) in [5.74, 6) is -0.548. The van der Waals surface area contributed by atoms with Gasteiger partial charge in [0.2, 0.25) is 0 Å². The van der Waals surface area contributed by atoms with Gasteiger partial charge in [-0.3, -0.25) is 14.5 Å². The van der Waals surface area contributed by atoms with Gasteiger partial charge in [-0.05, 0) is 36.8 Å². The Morgan fingerprint density at radius 3 is 2.52 bits per heavy atom. The molecule has 0 spiro atoms. The second-order valence-electron chi connectivity index (χ2n) is 7.00. The Kier molecular flexibility index (Phi) is 5.41. The van der Waals surface area contributed by atoms with Crippen molar-refractivity contribution < 1.29 is 24.0 Å². The zero-order chi connectivity index (χ0) is 22.0. The lowest BCUT2D eigenvalue weighted by Crippen LogP contribution is -2.29. The topological polar surface area (TPSA) is 92.9 Å². The molecule has 1 aliphatic heterocycles. The average Bonchev–Trinajstić information content (AvgIpc) is 3.33. The number of amides is 1. The number of ether oxygens (including phenoxy) is 1. The Morgan fingerprint density at radius 1 is 1.19 bits per heavy atom. The molecule has 1 atom stereocenters. The Bertz CT molecular complexity index is 1160. The van der Waals surface area contributed by atoms with E-state index in [9.17, 15) is 14.7 Å². The van der Waals surface area contributed by atoms with Gasteiger partial charge in [0.1, 0.15) is 23.9 Å². The van der Waals surface area contributed by atoms with Crippen molar-refractivity contribution in [2.75, 3.05) is 11.5 Å². The van der Waals surface area contributed by atoms with Crippen molar-refractivity contribution in [2.24, 2.45) is 0 Å². The van der Waals surface area contributed by atoms with E-state index in [0.717, 1.165) is 0 Å². The van der Waals surface area contributed by atoms with Gasteiger partial charge in [0.05, 0.1) is 11.6 Å². The highest BCUT2D eigenvalue weighted by molar-refractivity contribution is 6.51. The highest BCUT2D eigenvalue weighted by Gasteiger charge is 2.48. The van der Waals surface area contributed by atoms with Crippen molar-refractivity contribution >= 4 is 23.3 Å². The molecule has 1 aliphatic rings. The normalized spacial score (nSPS) is 17.7. The summed E-state index contributed by atoms with van der Waals surface area (Å²) in [4.78, 5) is 27.2. The van der Waals surface area contributed by atoms with Gasteiger partial charge in [0.25, 0.3) is 5.78 Å². The first kappa shape index (κ1) is 20.2. The first-order valence-electron chi connectivity index (χ1n) is 9.64. The lowest BCUT2D eigenvalue weighted by Gasteiger charge is -2.22. The van der Waals surface area contributed by atoms with Crippen LogP contribution in [0.3, 0.4) is 0 Å². The molecule has 0 bridgehead atoms. The maximum atomic E-state index is 13.0. The number of carbonyl (C=O) groups is 2. The minimum absolute atomic E-state index is 0.0170. The molecule has 1 amide bonds. The lowest BCUT2D eigenvalue weighted by atomic mass is 9.95. The van der Waals surface area contributed by atoms with Crippen LogP contribution in [-0.4, -0.2) is 28.6 Å². The SMILES string of the molecule is C=CCOc1ccc(/C(O)=C2\C(=O)C(=O)N(c3cc(C)on3)[C@H]2c2ccccc2)cc1. The molecule has 0 unspecified atom stereocenters. The summed E-state index contributed by atoms with van der Waals surface area (Å²) in [6, 6.07) is 16.3. The third kappa shape index (κ3) is 3.73. The van der Waals surface area contributed by atoms with Gasteiger partial charge in [0.15, 0.2) is 5.82 Å². The van der Waals surface area contributed by atoms with E-state index in [1.54, 1.807) is 67.6 Å². The van der Waals surface area contributed by atoms with E-state index in [1.807, 2.05) is 6.07 Å². The zero-order valence-corrected chi connectivity index (χ0v) is 16.8. The fourth-order valence-electron chi connectivity index (χ4n) is 3.51. The maximum Gasteiger partial charge on any atom is 0.301 e. The molecule has 7 nitrogen and oxygen atoms in total. The number of aryl methyl sites for hydroxylation is 1. The molecule has 4 rings (SSSR count). The first-order valence-corrected chi connectivity index (χ1v) is 9.64. The first-order chi connectivity index (χ1) is 15.0. The van der Waals surface area contributed by atoms with Gasteiger partial charge in [-0.2, -0.15) is 0 Å². The van der Waals surface area contributed by atoms with E-state index in [-0.39, 0.29) is 17.2 Å². The van der Waals surface area contributed by atoms with Gasteiger partial charge in [-0.1, -0.05) is 48.1 Å². The number of Topliss-reactive ketones (excluding diaryl/α,β-unsaturated/α-hetero) is 1. The number of anilines is 1. The van der Waals surface area contributed by atoms with Crippen LogP contribution in [0.4, 0.5) is 5.82 Å². The summed E-state index contributed by atoms with van der Waals surface area (Å²) in [7, 11) is 0. The molecule has 31 heavy (non-hydrogen) atoms. The molecule has 1 N–H and O–H groups in total. The van der Waals surface area contributed by atoms with Crippen LogP contribution >= 0.6 is 0 Å². The van der Waals surface area contributed by atoms with Crippen molar-refractivity contribution in [3.8, 4) is 5.75 Å². The second-order valence-corrected chi connectivity index (χ2v) is 7.00. The predicted molar refractivity (Wildman–Crippen MR) is 115 cm³/mol. The molecule has 3 aromatic rings. The van der Waals surface area contributed by atoms with E-state index >= 15 is 0 Å². The van der Waals surface area contributed by atoms with Crippen molar-refractivity contribution in [1.29, 1.82) is 0 Å². The number of nitrogens with zero attached hydrogens (tertiary/aromatic N) is 2. The average molecular weight is 416 g/mol. The molecule has 156 valence electrons. The molecule has 1 fully saturated rings. The van der Waals surface area contributed by atoms with Crippen LogP contribution in [-0.2, 0) is 9.59 Å². The predicted octanol–water partition coefficient (Wildman–Crippen LogP) is 4.17. The number of aromatic nitrogens is 1. The fraction of sp³-hybridized carbons (Fsp3) is 0.125. The van der Waals surface area contributed by atoms with Crippen molar-refractivity contribution in [1.82, 2.24) is 5.16 Å². The van der Waals surface area contributed by atoms with E-state index in [0.29, 0.717) is 29.2 Å². The van der Waals surface area contributed by atoms with Crippen LogP contribution in [0.5, 0.6) is 5.75 Å². The molecule has 7 heteroatoms. The van der Waals surface area contributed by atoms with Crippen LogP contribution in [0, 0.1) is 6.92 Å². The minimum atomic E-state index is -0.845. The van der Waals surface area contributed by atoms with Gasteiger partial charge in [-0.25, -0.2) is 0 Å². The maximum absolute atomic E-state index is 13.0. The molecule has 0 aliphatic carbocycles. The smallest absolute Gasteiger partial charge is 0.301 e. The molecule has 2 heterocycles. The number of hydrogen-bond acceptors (Lipinski definition) is 6. The van der Waals surface area contributed by atoms with Crippen molar-refractivity contribution in [2.45, 2.75) is 13.0 Å². The molecular weight excluding hydrogens is 396 g/mol. The van der Waals surface area contributed by atoms with Gasteiger partial charge >= 0.3 is 5.91 Å². The number of hydrogen-bond donors (Lipinski definition) is 1. The number of aliphatic hydroxyl groups excluding tert-OH is 1. The van der Waals surface area contributed by atoms with Crippen LogP contribution in [0.2, 0.25) is 0 Å². The highest BCUT2D eigenvalue weighted by atomic mass is 16.5. The van der Waals surface area contributed by atoms with E-state index < -0.39 is 17.7 Å². The Hall–Kier alpha value is -4.13. The second kappa shape index (κ2) is 8.31. The number of benzene rings is 2. The van der Waals surface area contributed by atoms with Crippen LogP contribution in [0.25, 0.3) is 5.76 Å². The zero-order valence-electron chi connectivity index (χ0n) is 16.8. The highest BCUT2D eigenvalue weighted by Crippen LogP contribution is 2.41. The van der Waals surface area contributed by atoms with Crippen LogP contribution in [0.15, 0.2) is 83.4 Å². The van der Waals surface area contributed by atoms with Crippen LogP contribution < -0.4 is 9.64 Å². The van der Waals surface area contributed by atoms with Crippen molar-refractivity contribution in [3.05, 3.63) is 95.8 Å². The van der Waals surface area contributed by atoms with E-state index in [4.69, 9.17) is 9.26 Å². The van der Waals surface area contributed by atoms with Gasteiger partial charge in [-0.15, -0.1) is 0 Å². The quantitative estimate of drug-likeness (QED) is 0.281. The van der Waals surface area contributed by atoms with Crippen molar-refractivity contribution in [3.63, 3.8) is 0 Å². The number of carbonyl (C=O) groups excluding carboxylic acids is 2. The van der Waals surface area contributed by atoms with E-state index in [2.05, 4.69) is 11.7 Å². The Balaban J connectivity index is 1.83. The molecule has 0 saturated carbocycles. The number of rotatable bonds is 6. The van der Waals surface area contributed by atoms with E-state index in [1.165, 1.54) is 4.90 Å². The molecule has 1 saturated heterocycles. The third-order valence-corrected chi connectivity index (χ3v) is 4.92. The fourth-order valence-corrected chi connectivity index (χ4v) is 3.51. The standard InChI is InChI=1S/C24H20N2O5/c1-3-13-30-18-11-9-17(10-12-18)22(27)20-21(16-7-5-4-6-8-16)26(24(29)23(20)28)19-14-15(2)31-25-19/h3-12,14,21,27H,1,13H2,2H3/b22-20+/t21-/m0/s1. The molecule has 2 aromatic carbocycles. The Morgan fingerprint density at radius 2 is 1.90 bits per heavy atom. The minimum Gasteiger partial charge on any atom is -0.507 e. The summed E-state index contributed by atoms with van der Waals surface area (Å²) >= 11 is 0. The summed E-state index contributed by atoms with van der Waals surface area (Å²) < 4.78 is 10.6. The van der Waals surface area contributed by atoms with Crippen LogP contribution in [0.1, 0.15) is 22.9 Å². The summed E-state index contributed by atoms with van der Waals surface area (Å²) in [6.07, 6.45) is 1.63. The third-order valence-electron chi connectivity index (χ3n) is 4.92. The van der Waals surface area contributed by atoms with Gasteiger partial charge in [0, 0.05) is 11.6 Å². The number of ketones is 1. The molecule has 0 radical (unpaired) electrons. The summed E-state index contributed by atoms with van der Waals surface area (Å²) in [5, 5.41) is 15.0. The Labute approximate surface area is 178 Å².